The molecule has 0 aliphatic carbocycles. The van der Waals surface area contributed by atoms with E-state index in [9.17, 15) is 0 Å². The number of unbranched alkanes of at least 4 members (excludes halogenated alkanes) is 38. The average Bonchev–Trinajstić information content (AvgIpc) is 3.10. The Bertz CT molecular complexity index is 493. The maximum atomic E-state index is 2.87. The lowest BCUT2D eigenvalue weighted by atomic mass is 10.0. The van der Waals surface area contributed by atoms with Crippen molar-refractivity contribution in [2.75, 3.05) is 19.6 Å². The standard InChI is InChI=1S/C47H97N/c1-4-7-10-13-16-19-21-23-25-27-29-31-34-37-40-43-46-48(45-42-39-36-33-18-15-12-9-6-3)47-44-41-38-35-32-30-28-26-24-22-20-17-14-11-8-5-2/h4-47H2,1-3H3. The van der Waals surface area contributed by atoms with Crippen LogP contribution in [-0.2, 0) is 0 Å². The Labute approximate surface area is 307 Å². The summed E-state index contributed by atoms with van der Waals surface area (Å²) in [6.45, 7) is 11.1. The van der Waals surface area contributed by atoms with Crippen molar-refractivity contribution in [3.63, 3.8) is 0 Å². The monoisotopic (exact) mass is 676 g/mol. The molecular weight excluding hydrogens is 579 g/mol. The van der Waals surface area contributed by atoms with Gasteiger partial charge in [0, 0.05) is 0 Å². The summed E-state index contributed by atoms with van der Waals surface area (Å²) in [4.78, 5) is 2.87. The van der Waals surface area contributed by atoms with Crippen LogP contribution in [0.25, 0.3) is 0 Å². The number of rotatable bonds is 44. The van der Waals surface area contributed by atoms with E-state index in [-0.39, 0.29) is 0 Å². The minimum atomic E-state index is 1.37. The van der Waals surface area contributed by atoms with Crippen LogP contribution in [0.2, 0.25) is 0 Å². The third-order valence-electron chi connectivity index (χ3n) is 11.2. The van der Waals surface area contributed by atoms with Gasteiger partial charge in [0.1, 0.15) is 0 Å². The molecule has 0 bridgehead atoms. The predicted octanol–water partition coefficient (Wildman–Crippen LogP) is 17.3. The maximum absolute atomic E-state index is 2.87. The van der Waals surface area contributed by atoms with E-state index < -0.39 is 0 Å². The van der Waals surface area contributed by atoms with Gasteiger partial charge in [0.25, 0.3) is 0 Å². The van der Waals surface area contributed by atoms with Crippen molar-refractivity contribution in [2.45, 2.75) is 284 Å². The van der Waals surface area contributed by atoms with E-state index in [0.717, 1.165) is 0 Å². The Morgan fingerprint density at radius 2 is 0.292 bits per heavy atom. The Balaban J connectivity index is 3.84. The van der Waals surface area contributed by atoms with E-state index >= 15 is 0 Å². The minimum Gasteiger partial charge on any atom is -0.303 e. The average molecular weight is 676 g/mol. The van der Waals surface area contributed by atoms with Crippen LogP contribution in [0.1, 0.15) is 284 Å². The van der Waals surface area contributed by atoms with Gasteiger partial charge in [-0.25, -0.2) is 0 Å². The fourth-order valence-electron chi connectivity index (χ4n) is 7.75. The molecule has 0 aromatic heterocycles. The molecule has 1 nitrogen and oxygen atoms in total. The van der Waals surface area contributed by atoms with Gasteiger partial charge in [0.05, 0.1) is 0 Å². The highest BCUT2D eigenvalue weighted by atomic mass is 15.1. The van der Waals surface area contributed by atoms with Crippen LogP contribution in [0.4, 0.5) is 0 Å². The first-order valence-electron chi connectivity index (χ1n) is 23.6. The van der Waals surface area contributed by atoms with Crippen molar-refractivity contribution < 1.29 is 0 Å². The first kappa shape index (κ1) is 48.0. The molecule has 0 N–H and O–H groups in total. The molecule has 290 valence electrons. The predicted molar refractivity (Wildman–Crippen MR) is 223 cm³/mol. The number of nitrogens with zero attached hydrogens (tertiary/aromatic N) is 1. The van der Waals surface area contributed by atoms with Crippen molar-refractivity contribution in [1.82, 2.24) is 4.90 Å². The lowest BCUT2D eigenvalue weighted by Crippen LogP contribution is -2.27. The second kappa shape index (κ2) is 45.0. The summed E-state index contributed by atoms with van der Waals surface area (Å²) in [5, 5.41) is 0. The van der Waals surface area contributed by atoms with Gasteiger partial charge < -0.3 is 4.90 Å². The van der Waals surface area contributed by atoms with E-state index in [1.807, 2.05) is 0 Å². The number of hydrogen-bond acceptors (Lipinski definition) is 1. The third kappa shape index (κ3) is 42.1. The molecule has 0 spiro atoms. The first-order valence-corrected chi connectivity index (χ1v) is 23.6. The van der Waals surface area contributed by atoms with E-state index in [1.165, 1.54) is 283 Å². The molecule has 48 heavy (non-hydrogen) atoms. The Kier molecular flexibility index (Phi) is 44.9. The molecule has 0 fully saturated rings. The highest BCUT2D eigenvalue weighted by Gasteiger charge is 2.05. The summed E-state index contributed by atoms with van der Waals surface area (Å²) < 4.78 is 0. The van der Waals surface area contributed by atoms with Crippen LogP contribution >= 0.6 is 0 Å². The van der Waals surface area contributed by atoms with Gasteiger partial charge in [0.2, 0.25) is 0 Å². The largest absolute Gasteiger partial charge is 0.303 e. The summed E-state index contributed by atoms with van der Waals surface area (Å²) in [7, 11) is 0. The molecule has 0 atom stereocenters. The van der Waals surface area contributed by atoms with Crippen LogP contribution in [0, 0.1) is 0 Å². The highest BCUT2D eigenvalue weighted by molar-refractivity contribution is 4.61. The first-order chi connectivity index (χ1) is 23.8. The summed E-state index contributed by atoms with van der Waals surface area (Å²) in [6.07, 6.45) is 60.1. The molecule has 0 rings (SSSR count). The lowest BCUT2D eigenvalue weighted by molar-refractivity contribution is 0.254. The second-order valence-electron chi connectivity index (χ2n) is 16.3. The molecule has 1 heteroatoms. The molecule has 0 saturated heterocycles. The minimum absolute atomic E-state index is 1.37. The smallest absolute Gasteiger partial charge is 0.00187 e. The molecule has 0 radical (unpaired) electrons. The van der Waals surface area contributed by atoms with Gasteiger partial charge in [-0.1, -0.05) is 265 Å². The second-order valence-corrected chi connectivity index (χ2v) is 16.3. The van der Waals surface area contributed by atoms with Crippen LogP contribution in [0.3, 0.4) is 0 Å². The van der Waals surface area contributed by atoms with Crippen LogP contribution in [0.15, 0.2) is 0 Å². The Morgan fingerprint density at radius 3 is 0.438 bits per heavy atom. The van der Waals surface area contributed by atoms with Crippen LogP contribution in [0.5, 0.6) is 0 Å². The van der Waals surface area contributed by atoms with Crippen molar-refractivity contribution in [3.05, 3.63) is 0 Å². The summed E-state index contributed by atoms with van der Waals surface area (Å²) >= 11 is 0. The molecule has 0 unspecified atom stereocenters. The van der Waals surface area contributed by atoms with Crippen molar-refractivity contribution in [2.24, 2.45) is 0 Å². The maximum Gasteiger partial charge on any atom is -0.00187 e. The van der Waals surface area contributed by atoms with E-state index in [0.29, 0.717) is 0 Å². The van der Waals surface area contributed by atoms with Crippen molar-refractivity contribution >= 4 is 0 Å². The van der Waals surface area contributed by atoms with E-state index in [4.69, 9.17) is 0 Å². The van der Waals surface area contributed by atoms with Crippen molar-refractivity contribution in [3.8, 4) is 0 Å². The molecular formula is C47H97N. The molecule has 0 aliphatic rings. The zero-order valence-corrected chi connectivity index (χ0v) is 34.6. The van der Waals surface area contributed by atoms with Gasteiger partial charge in [0.15, 0.2) is 0 Å². The highest BCUT2D eigenvalue weighted by Crippen LogP contribution is 2.17. The quantitative estimate of drug-likeness (QED) is 0.0581. The van der Waals surface area contributed by atoms with Crippen molar-refractivity contribution in [1.29, 1.82) is 0 Å². The lowest BCUT2D eigenvalue weighted by Gasteiger charge is -2.22. The topological polar surface area (TPSA) is 3.24 Å². The molecule has 0 saturated carbocycles. The molecule has 0 aromatic carbocycles. The third-order valence-corrected chi connectivity index (χ3v) is 11.2. The van der Waals surface area contributed by atoms with Crippen LogP contribution in [-0.4, -0.2) is 24.5 Å². The zero-order chi connectivity index (χ0) is 34.7. The van der Waals surface area contributed by atoms with Crippen LogP contribution < -0.4 is 0 Å². The summed E-state index contributed by atoms with van der Waals surface area (Å²) in [5.41, 5.74) is 0. The molecule has 0 heterocycles. The van der Waals surface area contributed by atoms with Gasteiger partial charge in [-0.05, 0) is 38.9 Å². The Morgan fingerprint density at radius 1 is 0.167 bits per heavy atom. The summed E-state index contributed by atoms with van der Waals surface area (Å²) in [6, 6.07) is 0. The number of hydrogen-bond donors (Lipinski definition) is 0. The van der Waals surface area contributed by atoms with Gasteiger partial charge in [-0.2, -0.15) is 0 Å². The molecule has 0 aromatic rings. The fourth-order valence-corrected chi connectivity index (χ4v) is 7.75. The van der Waals surface area contributed by atoms with Gasteiger partial charge in [-0.3, -0.25) is 0 Å². The van der Waals surface area contributed by atoms with Gasteiger partial charge in [-0.15, -0.1) is 0 Å². The zero-order valence-electron chi connectivity index (χ0n) is 34.6. The van der Waals surface area contributed by atoms with E-state index in [1.54, 1.807) is 0 Å². The van der Waals surface area contributed by atoms with Gasteiger partial charge >= 0.3 is 0 Å². The molecule has 0 amide bonds. The summed E-state index contributed by atoms with van der Waals surface area (Å²) in [5.74, 6) is 0. The fraction of sp³-hybridized carbons (Fsp3) is 1.00. The SMILES string of the molecule is CCCCCCCCCCCCCCCCCCN(CCCCCCCCCCC)CCCCCCCCCCCCCCCCCC. The molecule has 0 aliphatic heterocycles. The van der Waals surface area contributed by atoms with E-state index in [2.05, 4.69) is 25.7 Å². The normalized spacial score (nSPS) is 11.8. The Hall–Kier alpha value is -0.0400.